The first-order chi connectivity index (χ1) is 13.1. The van der Waals surface area contributed by atoms with Crippen LogP contribution in [-0.2, 0) is 11.8 Å². The van der Waals surface area contributed by atoms with E-state index in [1.807, 2.05) is 48.5 Å². The molecule has 0 atom stereocenters. The molecule has 0 amide bonds. The molecule has 3 aromatic rings. The van der Waals surface area contributed by atoms with Crippen molar-refractivity contribution < 1.29 is 9.47 Å². The van der Waals surface area contributed by atoms with Crippen molar-refractivity contribution in [3.05, 3.63) is 90.0 Å². The molecule has 2 nitrogen and oxygen atoms in total. The van der Waals surface area contributed by atoms with Crippen LogP contribution in [0.1, 0.15) is 37.8 Å². The van der Waals surface area contributed by atoms with Gasteiger partial charge in [0.2, 0.25) is 0 Å². The van der Waals surface area contributed by atoms with E-state index in [2.05, 4.69) is 44.2 Å². The van der Waals surface area contributed by atoms with E-state index < -0.39 is 0 Å². The van der Waals surface area contributed by atoms with E-state index in [1.165, 1.54) is 11.1 Å². The second-order valence-electron chi connectivity index (χ2n) is 7.53. The summed E-state index contributed by atoms with van der Waals surface area (Å²) in [4.78, 5) is 0. The average Bonchev–Trinajstić information content (AvgIpc) is 2.69. The summed E-state index contributed by atoms with van der Waals surface area (Å²) in [5, 5.41) is 0. The van der Waals surface area contributed by atoms with E-state index in [0.717, 1.165) is 36.5 Å². The van der Waals surface area contributed by atoms with Crippen molar-refractivity contribution in [3.63, 3.8) is 0 Å². The smallest absolute Gasteiger partial charge is 0.127 e. The highest BCUT2D eigenvalue weighted by molar-refractivity contribution is 5.34. The lowest BCUT2D eigenvalue weighted by Gasteiger charge is -2.25. The van der Waals surface area contributed by atoms with Crippen LogP contribution >= 0.6 is 0 Å². The van der Waals surface area contributed by atoms with E-state index >= 15 is 0 Å². The molecule has 0 aromatic heterocycles. The van der Waals surface area contributed by atoms with Crippen LogP contribution in [-0.4, -0.2) is 7.11 Å². The monoisotopic (exact) mass is 360 g/mol. The molecule has 140 valence electrons. The van der Waals surface area contributed by atoms with Gasteiger partial charge in [0.1, 0.15) is 17.2 Å². The largest absolute Gasteiger partial charge is 0.497 e. The van der Waals surface area contributed by atoms with Crippen molar-refractivity contribution in [1.29, 1.82) is 0 Å². The zero-order chi connectivity index (χ0) is 19.1. The molecule has 3 aromatic carbocycles. The van der Waals surface area contributed by atoms with Crippen LogP contribution in [0.3, 0.4) is 0 Å². The molecule has 0 radical (unpaired) electrons. The molecule has 0 aliphatic heterocycles. The highest BCUT2D eigenvalue weighted by Gasteiger charge is 2.20. The Morgan fingerprint density at radius 2 is 1.44 bits per heavy atom. The molecule has 0 fully saturated rings. The van der Waals surface area contributed by atoms with Crippen LogP contribution in [0.15, 0.2) is 78.9 Å². The Kier molecular flexibility index (Phi) is 6.18. The number of methoxy groups -OCH3 is 1. The first kappa shape index (κ1) is 19.0. The topological polar surface area (TPSA) is 18.5 Å². The molecule has 0 saturated heterocycles. The third-order valence-corrected chi connectivity index (χ3v) is 5.02. The quantitative estimate of drug-likeness (QED) is 0.440. The summed E-state index contributed by atoms with van der Waals surface area (Å²) in [7, 11) is 1.70. The maximum Gasteiger partial charge on any atom is 0.127 e. The molecule has 2 heteroatoms. The average molecular weight is 360 g/mol. The lowest BCUT2D eigenvalue weighted by molar-refractivity contribution is 0.413. The van der Waals surface area contributed by atoms with Crippen molar-refractivity contribution >= 4 is 0 Å². The minimum atomic E-state index is 0.143. The number of hydrogen-bond acceptors (Lipinski definition) is 2. The van der Waals surface area contributed by atoms with Gasteiger partial charge in [-0.15, -0.1) is 0 Å². The lowest BCUT2D eigenvalue weighted by Crippen LogP contribution is -2.17. The van der Waals surface area contributed by atoms with E-state index in [4.69, 9.17) is 9.47 Å². The highest BCUT2D eigenvalue weighted by atomic mass is 16.5. The highest BCUT2D eigenvalue weighted by Crippen LogP contribution is 2.31. The van der Waals surface area contributed by atoms with Gasteiger partial charge < -0.3 is 9.47 Å². The molecule has 0 N–H and O–H groups in total. The van der Waals surface area contributed by atoms with Gasteiger partial charge in [0.15, 0.2) is 0 Å². The van der Waals surface area contributed by atoms with Gasteiger partial charge in [0.25, 0.3) is 0 Å². The Morgan fingerprint density at radius 1 is 0.741 bits per heavy atom. The summed E-state index contributed by atoms with van der Waals surface area (Å²) in [5.74, 6) is 2.67. The second-order valence-corrected chi connectivity index (χ2v) is 7.53. The van der Waals surface area contributed by atoms with Crippen molar-refractivity contribution in [3.8, 4) is 17.2 Å². The fraction of sp³-hybridized carbons (Fsp3) is 0.280. The molecule has 3 rings (SSSR count). The van der Waals surface area contributed by atoms with Gasteiger partial charge in [0.05, 0.1) is 7.11 Å². The Labute approximate surface area is 162 Å². The molecule has 0 spiro atoms. The fourth-order valence-corrected chi connectivity index (χ4v) is 3.31. The minimum Gasteiger partial charge on any atom is -0.497 e. The maximum absolute atomic E-state index is 5.95. The van der Waals surface area contributed by atoms with Crippen LogP contribution in [0.2, 0.25) is 0 Å². The predicted octanol–water partition coefficient (Wildman–Crippen LogP) is 6.79. The number of para-hydroxylation sites is 1. The number of aryl methyl sites for hydroxylation is 1. The molecule has 0 aliphatic rings. The molecule has 0 bridgehead atoms. The van der Waals surface area contributed by atoms with Crippen molar-refractivity contribution in [1.82, 2.24) is 0 Å². The van der Waals surface area contributed by atoms with Gasteiger partial charge in [0, 0.05) is 0 Å². The van der Waals surface area contributed by atoms with Gasteiger partial charge >= 0.3 is 0 Å². The van der Waals surface area contributed by atoms with E-state index in [0.29, 0.717) is 0 Å². The number of rotatable bonds is 8. The normalized spacial score (nSPS) is 11.2. The number of hydrogen-bond donors (Lipinski definition) is 0. The van der Waals surface area contributed by atoms with Gasteiger partial charge in [-0.05, 0) is 72.2 Å². The van der Waals surface area contributed by atoms with Crippen LogP contribution in [0.5, 0.6) is 17.2 Å². The molecule has 0 unspecified atom stereocenters. The molecular weight excluding hydrogens is 332 g/mol. The van der Waals surface area contributed by atoms with Crippen LogP contribution < -0.4 is 9.47 Å². The zero-order valence-electron chi connectivity index (χ0n) is 16.4. The third kappa shape index (κ3) is 5.37. The predicted molar refractivity (Wildman–Crippen MR) is 112 cm³/mol. The molecule has 27 heavy (non-hydrogen) atoms. The van der Waals surface area contributed by atoms with E-state index in [-0.39, 0.29) is 5.41 Å². The molecule has 0 aliphatic carbocycles. The van der Waals surface area contributed by atoms with Gasteiger partial charge in [-0.3, -0.25) is 0 Å². The van der Waals surface area contributed by atoms with Gasteiger partial charge in [-0.2, -0.15) is 0 Å². The standard InChI is InChI=1S/C25H28O2/c1-25(2,21-14-16-22(26-3)17-15-21)18-8-10-20-9-7-13-24(19-20)27-23-11-5-4-6-12-23/h4-7,9,11-17,19H,8,10,18H2,1-3H3. The molecular formula is C25H28O2. The fourth-order valence-electron chi connectivity index (χ4n) is 3.31. The van der Waals surface area contributed by atoms with Crippen LogP contribution in [0.4, 0.5) is 0 Å². The van der Waals surface area contributed by atoms with Crippen LogP contribution in [0.25, 0.3) is 0 Å². The zero-order valence-corrected chi connectivity index (χ0v) is 16.4. The Hall–Kier alpha value is -2.74. The summed E-state index contributed by atoms with van der Waals surface area (Å²) >= 11 is 0. The van der Waals surface area contributed by atoms with Crippen molar-refractivity contribution in [2.75, 3.05) is 7.11 Å². The number of benzene rings is 3. The molecule has 0 heterocycles. The van der Waals surface area contributed by atoms with Crippen LogP contribution in [0, 0.1) is 0 Å². The summed E-state index contributed by atoms with van der Waals surface area (Å²) in [6, 6.07) is 26.8. The lowest BCUT2D eigenvalue weighted by atomic mass is 9.80. The summed E-state index contributed by atoms with van der Waals surface area (Å²) in [6.07, 6.45) is 3.31. The SMILES string of the molecule is COc1ccc(C(C)(C)CCCc2cccc(Oc3ccccc3)c2)cc1. The Bertz CT molecular complexity index is 836. The maximum atomic E-state index is 5.95. The van der Waals surface area contributed by atoms with Crippen molar-refractivity contribution in [2.45, 2.75) is 38.5 Å². The van der Waals surface area contributed by atoms with E-state index in [9.17, 15) is 0 Å². The number of ether oxygens (including phenoxy) is 2. The first-order valence-corrected chi connectivity index (χ1v) is 9.53. The first-order valence-electron chi connectivity index (χ1n) is 9.53. The summed E-state index contributed by atoms with van der Waals surface area (Å²) in [5.41, 5.74) is 2.81. The third-order valence-electron chi connectivity index (χ3n) is 5.02. The second kappa shape index (κ2) is 8.77. The Morgan fingerprint density at radius 3 is 2.15 bits per heavy atom. The minimum absolute atomic E-state index is 0.143. The molecule has 0 saturated carbocycles. The van der Waals surface area contributed by atoms with Gasteiger partial charge in [-0.25, -0.2) is 0 Å². The Balaban J connectivity index is 1.57. The van der Waals surface area contributed by atoms with E-state index in [1.54, 1.807) is 7.11 Å². The van der Waals surface area contributed by atoms with Crippen molar-refractivity contribution in [2.24, 2.45) is 0 Å². The summed E-state index contributed by atoms with van der Waals surface area (Å²) in [6.45, 7) is 4.62. The van der Waals surface area contributed by atoms with Gasteiger partial charge in [-0.1, -0.05) is 56.3 Å². The summed E-state index contributed by atoms with van der Waals surface area (Å²) < 4.78 is 11.2.